The number of hydrogen-bond acceptors (Lipinski definition) is 5. The summed E-state index contributed by atoms with van der Waals surface area (Å²) >= 11 is 0. The number of nitrogens with zero attached hydrogens (tertiary/aromatic N) is 2. The molecule has 2 fully saturated rings. The van der Waals surface area contributed by atoms with E-state index in [4.69, 9.17) is 9.90 Å². The molecule has 1 aliphatic carbocycles. The van der Waals surface area contributed by atoms with Crippen LogP contribution in [0.3, 0.4) is 0 Å². The Morgan fingerprint density at radius 1 is 1.12 bits per heavy atom. The summed E-state index contributed by atoms with van der Waals surface area (Å²) in [6.45, 7) is 3.25. The SMILES string of the molecule is CN1CCCN(C(=O)[C@H]2CC[C@@H](NC(=O)CCCc3ccccc3)[C@H](O)C2)CC1.O=CO. The Morgan fingerprint density at radius 3 is 2.53 bits per heavy atom. The van der Waals surface area contributed by atoms with Crippen molar-refractivity contribution in [3.8, 4) is 0 Å². The number of carbonyl (C=O) groups excluding carboxylic acids is 2. The summed E-state index contributed by atoms with van der Waals surface area (Å²) in [6, 6.07) is 9.91. The molecule has 0 radical (unpaired) electrons. The fourth-order valence-electron chi connectivity index (χ4n) is 4.44. The molecule has 1 saturated heterocycles. The van der Waals surface area contributed by atoms with Crippen molar-refractivity contribution in [3.63, 3.8) is 0 Å². The Balaban J connectivity index is 0.00000114. The molecule has 1 aromatic carbocycles. The van der Waals surface area contributed by atoms with Crippen LogP contribution in [0.2, 0.25) is 0 Å². The van der Waals surface area contributed by atoms with Gasteiger partial charge in [0.05, 0.1) is 12.1 Å². The number of nitrogens with one attached hydrogen (secondary N) is 1. The third-order valence-electron chi connectivity index (χ3n) is 6.26. The van der Waals surface area contributed by atoms with Gasteiger partial charge >= 0.3 is 0 Å². The second-order valence-corrected chi connectivity index (χ2v) is 8.68. The lowest BCUT2D eigenvalue weighted by atomic mass is 9.83. The van der Waals surface area contributed by atoms with Gasteiger partial charge in [0.2, 0.25) is 11.8 Å². The number of rotatable bonds is 6. The summed E-state index contributed by atoms with van der Waals surface area (Å²) in [5, 5.41) is 20.4. The highest BCUT2D eigenvalue weighted by atomic mass is 16.3. The lowest BCUT2D eigenvalue weighted by molar-refractivity contribution is -0.138. The number of aliphatic hydroxyl groups is 1. The number of benzene rings is 1. The van der Waals surface area contributed by atoms with Gasteiger partial charge in [0.25, 0.3) is 6.47 Å². The Labute approximate surface area is 190 Å². The largest absolute Gasteiger partial charge is 0.483 e. The monoisotopic (exact) mass is 447 g/mol. The lowest BCUT2D eigenvalue weighted by Crippen LogP contribution is -2.49. The molecule has 2 aliphatic rings. The van der Waals surface area contributed by atoms with E-state index in [2.05, 4.69) is 29.4 Å². The number of carboxylic acid groups (broad SMARTS) is 1. The number of aliphatic hydroxyl groups excluding tert-OH is 1. The normalized spacial score (nSPS) is 23.9. The molecule has 1 aromatic rings. The summed E-state index contributed by atoms with van der Waals surface area (Å²) in [6.07, 6.45) is 4.32. The van der Waals surface area contributed by atoms with Gasteiger partial charge in [-0.05, 0) is 57.7 Å². The number of likely N-dealkylation sites (N-methyl/N-ethyl adjacent to an activating group) is 1. The quantitative estimate of drug-likeness (QED) is 0.571. The van der Waals surface area contributed by atoms with Crippen LogP contribution in [0.1, 0.15) is 44.1 Å². The summed E-state index contributed by atoms with van der Waals surface area (Å²) in [7, 11) is 2.09. The molecule has 0 bridgehead atoms. The van der Waals surface area contributed by atoms with E-state index < -0.39 is 6.10 Å². The van der Waals surface area contributed by atoms with Crippen LogP contribution in [0.15, 0.2) is 30.3 Å². The average molecular weight is 448 g/mol. The van der Waals surface area contributed by atoms with Crippen LogP contribution in [-0.2, 0) is 20.8 Å². The van der Waals surface area contributed by atoms with Gasteiger partial charge in [0, 0.05) is 32.0 Å². The zero-order chi connectivity index (χ0) is 23.3. The Hall–Kier alpha value is -2.45. The molecule has 1 saturated carbocycles. The van der Waals surface area contributed by atoms with Gasteiger partial charge < -0.3 is 25.3 Å². The fraction of sp³-hybridized carbons (Fsp3) is 0.625. The van der Waals surface area contributed by atoms with Crippen LogP contribution in [0.25, 0.3) is 0 Å². The molecular weight excluding hydrogens is 410 g/mol. The molecule has 8 nitrogen and oxygen atoms in total. The van der Waals surface area contributed by atoms with E-state index in [1.807, 2.05) is 23.1 Å². The van der Waals surface area contributed by atoms with Crippen LogP contribution in [0, 0.1) is 5.92 Å². The van der Waals surface area contributed by atoms with Crippen LogP contribution < -0.4 is 5.32 Å². The van der Waals surface area contributed by atoms with Crippen LogP contribution in [0.4, 0.5) is 0 Å². The molecule has 1 aliphatic heterocycles. The van der Waals surface area contributed by atoms with E-state index in [9.17, 15) is 14.7 Å². The molecule has 0 unspecified atom stereocenters. The standard InChI is InChI=1S/C23H35N3O3.CH2O2/c1-25-13-6-14-26(16-15-25)23(29)19-11-12-20(21(27)17-19)24-22(28)10-5-9-18-7-3-2-4-8-18;2-1-3/h2-4,7-8,19-21,27H,5-6,9-17H2,1H3,(H,24,28);1H,(H,2,3)/t19-,20+,21+;/m0./s1. The predicted octanol–water partition coefficient (Wildman–Crippen LogP) is 1.52. The van der Waals surface area contributed by atoms with E-state index in [1.54, 1.807) is 0 Å². The minimum atomic E-state index is -0.648. The van der Waals surface area contributed by atoms with Gasteiger partial charge in [-0.25, -0.2) is 0 Å². The van der Waals surface area contributed by atoms with Crippen molar-refractivity contribution >= 4 is 18.3 Å². The van der Waals surface area contributed by atoms with Crippen molar-refractivity contribution in [2.24, 2.45) is 5.92 Å². The summed E-state index contributed by atoms with van der Waals surface area (Å²) < 4.78 is 0. The van der Waals surface area contributed by atoms with E-state index in [0.29, 0.717) is 19.3 Å². The van der Waals surface area contributed by atoms with Crippen molar-refractivity contribution in [2.75, 3.05) is 33.2 Å². The lowest BCUT2D eigenvalue weighted by Gasteiger charge is -2.35. The first kappa shape index (κ1) is 25.8. The molecule has 3 N–H and O–H groups in total. The van der Waals surface area contributed by atoms with E-state index in [0.717, 1.165) is 51.9 Å². The highest BCUT2D eigenvalue weighted by Crippen LogP contribution is 2.27. The number of aryl methyl sites for hydroxylation is 1. The van der Waals surface area contributed by atoms with Crippen molar-refractivity contribution in [3.05, 3.63) is 35.9 Å². The van der Waals surface area contributed by atoms with Crippen LogP contribution >= 0.6 is 0 Å². The molecule has 178 valence electrons. The first-order valence-corrected chi connectivity index (χ1v) is 11.5. The molecule has 3 atom stereocenters. The maximum atomic E-state index is 12.9. The third kappa shape index (κ3) is 8.59. The smallest absolute Gasteiger partial charge is 0.290 e. The second kappa shape index (κ2) is 13.9. The minimum absolute atomic E-state index is 0.00897. The van der Waals surface area contributed by atoms with Gasteiger partial charge in [-0.2, -0.15) is 0 Å². The zero-order valence-electron chi connectivity index (χ0n) is 19.0. The summed E-state index contributed by atoms with van der Waals surface area (Å²) in [4.78, 5) is 37.7. The van der Waals surface area contributed by atoms with Gasteiger partial charge in [0.1, 0.15) is 0 Å². The molecule has 8 heteroatoms. The topological polar surface area (TPSA) is 110 Å². The van der Waals surface area contributed by atoms with Gasteiger partial charge in [-0.3, -0.25) is 14.4 Å². The fourth-order valence-corrected chi connectivity index (χ4v) is 4.44. The van der Waals surface area contributed by atoms with Crippen LogP contribution in [0.5, 0.6) is 0 Å². The molecule has 0 spiro atoms. The van der Waals surface area contributed by atoms with E-state index in [-0.39, 0.29) is 30.2 Å². The van der Waals surface area contributed by atoms with Crippen LogP contribution in [-0.4, -0.2) is 83.7 Å². The maximum Gasteiger partial charge on any atom is 0.290 e. The number of carbonyl (C=O) groups is 3. The predicted molar refractivity (Wildman–Crippen MR) is 122 cm³/mol. The second-order valence-electron chi connectivity index (χ2n) is 8.68. The molecular formula is C24H37N3O5. The molecule has 3 rings (SSSR count). The minimum Gasteiger partial charge on any atom is -0.483 e. The highest BCUT2D eigenvalue weighted by molar-refractivity contribution is 5.79. The molecule has 2 amide bonds. The molecule has 1 heterocycles. The third-order valence-corrected chi connectivity index (χ3v) is 6.26. The van der Waals surface area contributed by atoms with E-state index >= 15 is 0 Å². The number of amides is 2. The Morgan fingerprint density at radius 2 is 1.84 bits per heavy atom. The van der Waals surface area contributed by atoms with Gasteiger partial charge in [0.15, 0.2) is 0 Å². The summed E-state index contributed by atoms with van der Waals surface area (Å²) in [5.41, 5.74) is 1.24. The average Bonchev–Trinajstić information content (AvgIpc) is 3.00. The highest BCUT2D eigenvalue weighted by Gasteiger charge is 2.35. The van der Waals surface area contributed by atoms with Crippen molar-refractivity contribution in [2.45, 2.75) is 57.1 Å². The Kier molecular flexibility index (Phi) is 11.2. The molecule has 32 heavy (non-hydrogen) atoms. The van der Waals surface area contributed by atoms with Crippen molar-refractivity contribution in [1.82, 2.24) is 15.1 Å². The van der Waals surface area contributed by atoms with Gasteiger partial charge in [-0.15, -0.1) is 0 Å². The van der Waals surface area contributed by atoms with E-state index in [1.165, 1.54) is 5.56 Å². The number of hydrogen-bond donors (Lipinski definition) is 3. The maximum absolute atomic E-state index is 12.9. The zero-order valence-corrected chi connectivity index (χ0v) is 19.0. The Bertz CT molecular complexity index is 715. The first-order valence-electron chi connectivity index (χ1n) is 11.5. The first-order chi connectivity index (χ1) is 15.4. The molecule has 0 aromatic heterocycles. The van der Waals surface area contributed by atoms with Gasteiger partial charge in [-0.1, -0.05) is 30.3 Å². The van der Waals surface area contributed by atoms with Crippen molar-refractivity contribution < 1.29 is 24.6 Å². The summed E-state index contributed by atoms with van der Waals surface area (Å²) in [5.74, 6) is 0.0388. The van der Waals surface area contributed by atoms with Crippen molar-refractivity contribution in [1.29, 1.82) is 0 Å².